The van der Waals surface area contributed by atoms with Gasteiger partial charge in [0.2, 0.25) is 0 Å². The first kappa shape index (κ1) is 15.9. The fourth-order valence-electron chi connectivity index (χ4n) is 1.90. The number of hydrogen-bond donors (Lipinski definition) is 0. The molecule has 3 heteroatoms. The van der Waals surface area contributed by atoms with Crippen molar-refractivity contribution in [1.82, 2.24) is 0 Å². The van der Waals surface area contributed by atoms with Gasteiger partial charge in [-0.3, -0.25) is 0 Å². The van der Waals surface area contributed by atoms with Crippen LogP contribution in [-0.2, 0) is 4.52 Å². The molecule has 0 N–H and O–H groups in total. The molecule has 0 amide bonds. The lowest BCUT2D eigenvalue weighted by molar-refractivity contribution is 0.0765. The van der Waals surface area contributed by atoms with E-state index in [0.29, 0.717) is 5.56 Å². The smallest absolute Gasteiger partial charge is 0.340 e. The van der Waals surface area contributed by atoms with E-state index in [1.54, 1.807) is 24.3 Å². The van der Waals surface area contributed by atoms with Crippen molar-refractivity contribution >= 4 is 15.4 Å². The van der Waals surface area contributed by atoms with Gasteiger partial charge < -0.3 is 4.52 Å². The van der Waals surface area contributed by atoms with Crippen molar-refractivity contribution in [2.24, 2.45) is 0 Å². The quantitative estimate of drug-likeness (QED) is 0.624. The Balaban J connectivity index is 0.000000164. The lowest BCUT2D eigenvalue weighted by Crippen LogP contribution is -1.95. The predicted octanol–water partition coefficient (Wildman–Crippen LogP) is 4.99. The highest BCUT2D eigenvalue weighted by molar-refractivity contribution is 7.10. The highest BCUT2D eigenvalue weighted by Gasteiger charge is 2.00. The minimum atomic E-state index is -0.328. The molecule has 0 aliphatic carbocycles. The maximum absolute atomic E-state index is 10.8. The van der Waals surface area contributed by atoms with Crippen molar-refractivity contribution in [1.29, 1.82) is 0 Å². The zero-order chi connectivity index (χ0) is 15.6. The summed E-state index contributed by atoms with van der Waals surface area (Å²) in [5, 5.41) is 0. The summed E-state index contributed by atoms with van der Waals surface area (Å²) in [5.41, 5.74) is 3.12. The van der Waals surface area contributed by atoms with E-state index in [-0.39, 0.29) is 5.97 Å². The van der Waals surface area contributed by atoms with Crippen LogP contribution in [0.3, 0.4) is 0 Å². The number of rotatable bonds is 2. The zero-order valence-electron chi connectivity index (χ0n) is 12.1. The fraction of sp³-hybridized carbons (Fsp3) is 0. The summed E-state index contributed by atoms with van der Waals surface area (Å²) in [6.45, 7) is 0. The summed E-state index contributed by atoms with van der Waals surface area (Å²) < 4.78 is 4.41. The molecule has 0 fully saturated rings. The summed E-state index contributed by atoms with van der Waals surface area (Å²) in [6.07, 6.45) is 0. The van der Waals surface area contributed by atoms with Crippen LogP contribution in [0.2, 0.25) is 0 Å². The molecule has 1 atom stereocenters. The van der Waals surface area contributed by atoms with Crippen LogP contribution >= 0.6 is 9.47 Å². The summed E-state index contributed by atoms with van der Waals surface area (Å²) in [6, 6.07) is 29.6. The molecule has 1 unspecified atom stereocenters. The van der Waals surface area contributed by atoms with Crippen molar-refractivity contribution in [3.05, 3.63) is 96.6 Å². The van der Waals surface area contributed by atoms with Crippen LogP contribution in [-0.4, -0.2) is 5.97 Å². The van der Waals surface area contributed by atoms with Gasteiger partial charge in [0.05, 0.1) is 15.0 Å². The van der Waals surface area contributed by atoms with Crippen molar-refractivity contribution in [2.45, 2.75) is 0 Å². The molecule has 110 valence electrons. The third-order valence-corrected chi connectivity index (χ3v) is 3.21. The lowest BCUT2D eigenvalue weighted by atomic mass is 10.1. The second kappa shape index (κ2) is 8.76. The van der Waals surface area contributed by atoms with E-state index >= 15 is 0 Å². The molecule has 2 nitrogen and oxygen atoms in total. The Morgan fingerprint density at radius 1 is 0.636 bits per heavy atom. The van der Waals surface area contributed by atoms with Gasteiger partial charge in [-0.2, -0.15) is 0 Å². The minimum absolute atomic E-state index is 0.328. The fourth-order valence-corrected chi connectivity index (χ4v) is 2.04. The third-order valence-electron chi connectivity index (χ3n) is 3.00. The first-order valence-corrected chi connectivity index (χ1v) is 7.35. The Kier molecular flexibility index (Phi) is 6.35. The van der Waals surface area contributed by atoms with Gasteiger partial charge in [0.25, 0.3) is 0 Å². The standard InChI is InChI=1S/C12H10.C7H7O2P/c1-3-7-11(8-4-1)12-9-5-2-6-10-12;8-7(9-10)6-4-2-1-3-5-6/h1-10H;1-5H,10H2. The van der Waals surface area contributed by atoms with Gasteiger partial charge in [-0.05, 0) is 23.3 Å². The molecule has 0 radical (unpaired) electrons. The van der Waals surface area contributed by atoms with Crippen molar-refractivity contribution in [3.63, 3.8) is 0 Å². The second-order valence-electron chi connectivity index (χ2n) is 4.50. The molecule has 3 aromatic rings. The van der Waals surface area contributed by atoms with Crippen LogP contribution in [0.25, 0.3) is 11.1 Å². The largest absolute Gasteiger partial charge is 0.448 e. The van der Waals surface area contributed by atoms with E-state index in [9.17, 15) is 4.79 Å². The Morgan fingerprint density at radius 2 is 1.00 bits per heavy atom. The van der Waals surface area contributed by atoms with Crippen molar-refractivity contribution in [3.8, 4) is 11.1 Å². The molecule has 0 spiro atoms. The molecular weight excluding hydrogens is 291 g/mol. The number of carbonyl (C=O) groups is 1. The van der Waals surface area contributed by atoms with Gasteiger partial charge in [-0.25, -0.2) is 4.79 Å². The van der Waals surface area contributed by atoms with E-state index in [0.717, 1.165) is 0 Å². The van der Waals surface area contributed by atoms with Gasteiger partial charge >= 0.3 is 5.97 Å². The molecule has 0 aliphatic rings. The first-order chi connectivity index (χ1) is 10.8. The van der Waals surface area contributed by atoms with Crippen LogP contribution in [0.1, 0.15) is 10.4 Å². The molecule has 22 heavy (non-hydrogen) atoms. The van der Waals surface area contributed by atoms with Crippen LogP contribution in [0.5, 0.6) is 0 Å². The zero-order valence-corrected chi connectivity index (χ0v) is 13.2. The molecule has 0 bridgehead atoms. The molecule has 0 heterocycles. The van der Waals surface area contributed by atoms with Gasteiger partial charge in [0.15, 0.2) is 0 Å². The predicted molar refractivity (Wildman–Crippen MR) is 93.4 cm³/mol. The van der Waals surface area contributed by atoms with Crippen LogP contribution in [0, 0.1) is 0 Å². The van der Waals surface area contributed by atoms with E-state index in [1.807, 2.05) is 27.7 Å². The Morgan fingerprint density at radius 3 is 1.36 bits per heavy atom. The number of hydrogen-bond acceptors (Lipinski definition) is 2. The molecule has 0 aliphatic heterocycles. The van der Waals surface area contributed by atoms with Crippen molar-refractivity contribution < 1.29 is 9.32 Å². The summed E-state index contributed by atoms with van der Waals surface area (Å²) >= 11 is 0. The van der Waals surface area contributed by atoms with E-state index < -0.39 is 0 Å². The number of benzene rings is 3. The minimum Gasteiger partial charge on any atom is -0.448 e. The maximum atomic E-state index is 10.8. The van der Waals surface area contributed by atoms with E-state index in [4.69, 9.17) is 0 Å². The van der Waals surface area contributed by atoms with Gasteiger partial charge in [0.1, 0.15) is 0 Å². The van der Waals surface area contributed by atoms with Gasteiger partial charge in [-0.15, -0.1) is 0 Å². The summed E-state index contributed by atoms with van der Waals surface area (Å²) in [4.78, 5) is 10.8. The second-order valence-corrected chi connectivity index (χ2v) is 4.74. The summed E-state index contributed by atoms with van der Waals surface area (Å²) in [7, 11) is 1.92. The average molecular weight is 308 g/mol. The topological polar surface area (TPSA) is 26.3 Å². The highest BCUT2D eigenvalue weighted by Crippen LogP contribution is 2.17. The van der Waals surface area contributed by atoms with Crippen LogP contribution in [0.15, 0.2) is 91.0 Å². The first-order valence-electron chi connectivity index (χ1n) is 6.88. The number of carbonyl (C=O) groups excluding carboxylic acids is 1. The molecular formula is C19H17O2P. The lowest BCUT2D eigenvalue weighted by Gasteiger charge is -1.98. The Labute approximate surface area is 133 Å². The van der Waals surface area contributed by atoms with Crippen LogP contribution in [0.4, 0.5) is 0 Å². The van der Waals surface area contributed by atoms with Crippen molar-refractivity contribution in [2.75, 3.05) is 0 Å². The molecule has 0 aromatic heterocycles. The Bertz CT molecular complexity index is 645. The van der Waals surface area contributed by atoms with Gasteiger partial charge in [0, 0.05) is 0 Å². The molecule has 0 saturated heterocycles. The SMILES string of the molecule is O=C(OP)c1ccccc1.c1ccc(-c2ccccc2)cc1. The normalized spacial score (nSPS) is 9.32. The van der Waals surface area contributed by atoms with Crippen LogP contribution < -0.4 is 0 Å². The highest BCUT2D eigenvalue weighted by atomic mass is 31.0. The van der Waals surface area contributed by atoms with E-state index in [2.05, 4.69) is 53.1 Å². The molecule has 3 aromatic carbocycles. The maximum Gasteiger partial charge on any atom is 0.340 e. The van der Waals surface area contributed by atoms with Gasteiger partial charge in [-0.1, -0.05) is 78.9 Å². The molecule has 3 rings (SSSR count). The average Bonchev–Trinajstić information content (AvgIpc) is 2.64. The monoisotopic (exact) mass is 308 g/mol. The van der Waals surface area contributed by atoms with E-state index in [1.165, 1.54) is 11.1 Å². The Hall–Kier alpha value is -2.44. The third kappa shape index (κ3) is 4.83. The summed E-state index contributed by atoms with van der Waals surface area (Å²) in [5.74, 6) is -0.328. The molecule has 0 saturated carbocycles.